The van der Waals surface area contributed by atoms with Crippen molar-refractivity contribution in [2.75, 3.05) is 18.6 Å². The van der Waals surface area contributed by atoms with Crippen molar-refractivity contribution in [3.63, 3.8) is 0 Å². The van der Waals surface area contributed by atoms with Gasteiger partial charge >= 0.3 is 6.09 Å². The highest BCUT2D eigenvalue weighted by Crippen LogP contribution is 2.08. The number of alkyl carbamates (subject to hydrolysis) is 1. The topological polar surface area (TPSA) is 108 Å². The number of thioether (sulfide) groups is 1. The summed E-state index contributed by atoms with van der Waals surface area (Å²) in [6.07, 6.45) is 1.52. The van der Waals surface area contributed by atoms with Crippen molar-refractivity contribution in [3.05, 3.63) is 0 Å². The van der Waals surface area contributed by atoms with Gasteiger partial charge in [0.1, 0.15) is 11.6 Å². The molecule has 0 heterocycles. The van der Waals surface area contributed by atoms with Gasteiger partial charge in [0, 0.05) is 0 Å². The van der Waals surface area contributed by atoms with Crippen molar-refractivity contribution in [3.8, 4) is 0 Å². The number of carboxylic acids is 1. The van der Waals surface area contributed by atoms with Gasteiger partial charge in [0.15, 0.2) is 0 Å². The van der Waals surface area contributed by atoms with Crippen LogP contribution < -0.4 is 15.7 Å². The van der Waals surface area contributed by atoms with Crippen LogP contribution >= 0.6 is 11.8 Å². The van der Waals surface area contributed by atoms with E-state index in [2.05, 4.69) is 10.6 Å². The molecule has 0 aromatic rings. The predicted octanol–water partition coefficient (Wildman–Crippen LogP) is -0.501. The van der Waals surface area contributed by atoms with E-state index in [1.165, 1.54) is 11.8 Å². The van der Waals surface area contributed by atoms with E-state index in [1.54, 1.807) is 20.8 Å². The smallest absolute Gasteiger partial charge is 0.408 e. The summed E-state index contributed by atoms with van der Waals surface area (Å²) in [6.45, 7) is 4.53. The third kappa shape index (κ3) is 9.48. The lowest BCUT2D eigenvalue weighted by Gasteiger charge is -2.23. The number of carboxylic acid groups (broad SMARTS) is 1. The molecule has 20 heavy (non-hydrogen) atoms. The number of carbonyl (C=O) groups is 3. The molecule has 2 N–H and O–H groups in total. The molecule has 0 aliphatic rings. The van der Waals surface area contributed by atoms with E-state index < -0.39 is 36.2 Å². The van der Waals surface area contributed by atoms with Crippen molar-refractivity contribution in [1.82, 2.24) is 10.6 Å². The Hall–Kier alpha value is -1.44. The average Bonchev–Trinajstić information content (AvgIpc) is 2.28. The van der Waals surface area contributed by atoms with Crippen molar-refractivity contribution in [1.29, 1.82) is 0 Å². The first-order valence-corrected chi connectivity index (χ1v) is 7.51. The first kappa shape index (κ1) is 18.6. The maximum atomic E-state index is 11.8. The molecule has 0 aliphatic carbocycles. The van der Waals surface area contributed by atoms with Gasteiger partial charge in [0.2, 0.25) is 5.91 Å². The second-order valence-corrected chi connectivity index (χ2v) is 6.06. The van der Waals surface area contributed by atoms with Crippen LogP contribution in [0.4, 0.5) is 4.79 Å². The van der Waals surface area contributed by atoms with Crippen molar-refractivity contribution in [2.24, 2.45) is 0 Å². The van der Waals surface area contributed by atoms with Gasteiger partial charge in [-0.3, -0.25) is 4.79 Å². The van der Waals surface area contributed by atoms with Crippen LogP contribution in [0.25, 0.3) is 0 Å². The molecule has 0 aromatic carbocycles. The molecule has 0 aromatic heterocycles. The molecule has 0 saturated heterocycles. The van der Waals surface area contributed by atoms with Gasteiger partial charge in [-0.2, -0.15) is 11.8 Å². The molecule has 116 valence electrons. The summed E-state index contributed by atoms with van der Waals surface area (Å²) in [5.74, 6) is -1.33. The molecule has 1 atom stereocenters. The summed E-state index contributed by atoms with van der Waals surface area (Å²) in [4.78, 5) is 33.7. The fraction of sp³-hybridized carbons (Fsp3) is 0.750. The monoisotopic (exact) mass is 305 g/mol. The largest absolute Gasteiger partial charge is 0.548 e. The van der Waals surface area contributed by atoms with Crippen LogP contribution in [0.5, 0.6) is 0 Å². The summed E-state index contributed by atoms with van der Waals surface area (Å²) in [6, 6.07) is -0.836. The van der Waals surface area contributed by atoms with Crippen molar-refractivity contribution >= 4 is 29.7 Å². The first-order valence-electron chi connectivity index (χ1n) is 6.11. The highest BCUT2D eigenvalue weighted by Gasteiger charge is 2.23. The van der Waals surface area contributed by atoms with Gasteiger partial charge in [-0.1, -0.05) is 0 Å². The second-order valence-electron chi connectivity index (χ2n) is 5.07. The zero-order valence-electron chi connectivity index (χ0n) is 12.1. The standard InChI is InChI=1S/C12H22N2O5S/c1-12(2,3)19-11(18)14-8(5-6-20-4)10(17)13-7-9(15)16/h8H,5-7H2,1-4H3,(H,13,17)(H,14,18)(H,15,16)/p-1/t8-/m1/s1. The van der Waals surface area contributed by atoms with Gasteiger partial charge in [-0.05, 0) is 39.2 Å². The molecule has 0 saturated carbocycles. The number of nitrogens with one attached hydrogen (secondary N) is 2. The van der Waals surface area contributed by atoms with Crippen LogP contribution in [-0.4, -0.2) is 48.2 Å². The lowest BCUT2D eigenvalue weighted by atomic mass is 10.2. The van der Waals surface area contributed by atoms with Crippen LogP contribution in [-0.2, 0) is 14.3 Å². The van der Waals surface area contributed by atoms with Crippen LogP contribution in [0, 0.1) is 0 Å². The quantitative estimate of drug-likeness (QED) is 0.656. The van der Waals surface area contributed by atoms with Crippen LogP contribution in [0.2, 0.25) is 0 Å². The van der Waals surface area contributed by atoms with Gasteiger partial charge in [-0.15, -0.1) is 0 Å². The summed E-state index contributed by atoms with van der Waals surface area (Å²) >= 11 is 1.51. The van der Waals surface area contributed by atoms with Crippen LogP contribution in [0.1, 0.15) is 27.2 Å². The Morgan fingerprint density at radius 1 is 1.30 bits per heavy atom. The Labute approximate surface area is 122 Å². The Bertz CT molecular complexity index is 354. The highest BCUT2D eigenvalue weighted by molar-refractivity contribution is 7.98. The van der Waals surface area contributed by atoms with E-state index in [-0.39, 0.29) is 0 Å². The Morgan fingerprint density at radius 2 is 1.90 bits per heavy atom. The van der Waals surface area contributed by atoms with E-state index in [0.717, 1.165) is 0 Å². The fourth-order valence-electron chi connectivity index (χ4n) is 1.24. The zero-order valence-corrected chi connectivity index (χ0v) is 13.0. The second kappa shape index (κ2) is 8.68. The molecule has 0 fully saturated rings. The number of amides is 2. The van der Waals surface area contributed by atoms with Gasteiger partial charge in [-0.25, -0.2) is 4.79 Å². The molecule has 0 spiro atoms. The SMILES string of the molecule is CSCC[C@@H](NC(=O)OC(C)(C)C)C(=O)NCC(=O)[O-]. The molecular formula is C12H21N2O5S-. The third-order valence-electron chi connectivity index (χ3n) is 2.03. The maximum absolute atomic E-state index is 11.8. The van der Waals surface area contributed by atoms with Crippen molar-refractivity contribution in [2.45, 2.75) is 38.8 Å². The number of hydrogen-bond acceptors (Lipinski definition) is 6. The molecule has 0 unspecified atom stereocenters. The lowest BCUT2D eigenvalue weighted by molar-refractivity contribution is -0.304. The third-order valence-corrected chi connectivity index (χ3v) is 2.67. The number of rotatable bonds is 7. The lowest BCUT2D eigenvalue weighted by Crippen LogP contribution is -2.50. The fourth-order valence-corrected chi connectivity index (χ4v) is 1.71. The molecule has 0 aliphatic heterocycles. The number of aliphatic carboxylic acids is 1. The van der Waals surface area contributed by atoms with E-state index in [9.17, 15) is 19.5 Å². The zero-order chi connectivity index (χ0) is 15.8. The van der Waals surface area contributed by atoms with Gasteiger partial charge in [0.25, 0.3) is 0 Å². The summed E-state index contributed by atoms with van der Waals surface area (Å²) in [7, 11) is 0. The highest BCUT2D eigenvalue weighted by atomic mass is 32.2. The van der Waals surface area contributed by atoms with Crippen molar-refractivity contribution < 1.29 is 24.2 Å². The molecule has 0 bridgehead atoms. The van der Waals surface area contributed by atoms with Gasteiger partial charge in [0.05, 0.1) is 12.5 Å². The van der Waals surface area contributed by atoms with E-state index in [1.807, 2.05) is 6.26 Å². The van der Waals surface area contributed by atoms with E-state index in [4.69, 9.17) is 4.74 Å². The minimum Gasteiger partial charge on any atom is -0.548 e. The Kier molecular flexibility index (Phi) is 8.05. The molecule has 8 heteroatoms. The molecule has 7 nitrogen and oxygen atoms in total. The average molecular weight is 305 g/mol. The minimum atomic E-state index is -1.39. The summed E-state index contributed by atoms with van der Waals surface area (Å²) in [5, 5.41) is 14.9. The normalized spacial score (nSPS) is 12.4. The van der Waals surface area contributed by atoms with Crippen LogP contribution in [0.15, 0.2) is 0 Å². The number of carbonyl (C=O) groups excluding carboxylic acids is 3. The molecule has 0 rings (SSSR count). The van der Waals surface area contributed by atoms with E-state index in [0.29, 0.717) is 12.2 Å². The first-order chi connectivity index (χ1) is 9.15. The molecule has 2 amide bonds. The Morgan fingerprint density at radius 3 is 2.35 bits per heavy atom. The summed E-state index contributed by atoms with van der Waals surface area (Å²) < 4.78 is 5.06. The van der Waals surface area contributed by atoms with Gasteiger partial charge < -0.3 is 25.3 Å². The minimum absolute atomic E-state index is 0.374. The molecule has 0 radical (unpaired) electrons. The van der Waals surface area contributed by atoms with E-state index >= 15 is 0 Å². The molecular weight excluding hydrogens is 284 g/mol. The number of hydrogen-bond donors (Lipinski definition) is 2. The predicted molar refractivity (Wildman–Crippen MR) is 74.2 cm³/mol. The maximum Gasteiger partial charge on any atom is 0.408 e. The Balaban J connectivity index is 4.50. The van der Waals surface area contributed by atoms with Crippen LogP contribution in [0.3, 0.4) is 0 Å². The number of ether oxygens (including phenoxy) is 1. The summed E-state index contributed by atoms with van der Waals surface area (Å²) in [5.41, 5.74) is -0.671.